The second-order valence-corrected chi connectivity index (χ2v) is 6.90. The first-order chi connectivity index (χ1) is 13.0. The van der Waals surface area contributed by atoms with E-state index in [9.17, 15) is 14.7 Å². The van der Waals surface area contributed by atoms with Crippen molar-refractivity contribution in [3.63, 3.8) is 0 Å². The summed E-state index contributed by atoms with van der Waals surface area (Å²) in [4.78, 5) is 22.8. The fourth-order valence-electron chi connectivity index (χ4n) is 2.33. The number of rotatable bonds is 6. The molecular formula is C18H14ClN4O3S-. The van der Waals surface area contributed by atoms with Crippen molar-refractivity contribution in [2.45, 2.75) is 5.16 Å². The van der Waals surface area contributed by atoms with Crippen LogP contribution in [-0.4, -0.2) is 32.4 Å². The number of thioether (sulfide) groups is 1. The third kappa shape index (κ3) is 4.47. The average Bonchev–Trinajstić information content (AvgIpc) is 3.01. The largest absolute Gasteiger partial charge is 0.545 e. The number of amides is 1. The topological polar surface area (TPSA) is 99.9 Å². The Balaban J connectivity index is 1.62. The lowest BCUT2D eigenvalue weighted by Crippen LogP contribution is -2.22. The van der Waals surface area contributed by atoms with Crippen molar-refractivity contribution in [3.8, 4) is 11.4 Å². The Morgan fingerprint density at radius 2 is 1.85 bits per heavy atom. The summed E-state index contributed by atoms with van der Waals surface area (Å²) in [7, 11) is 1.80. The highest BCUT2D eigenvalue weighted by Gasteiger charge is 2.14. The summed E-state index contributed by atoms with van der Waals surface area (Å²) in [6, 6.07) is 13.1. The smallest absolute Gasteiger partial charge is 0.234 e. The van der Waals surface area contributed by atoms with Gasteiger partial charge in [-0.1, -0.05) is 47.6 Å². The SMILES string of the molecule is Cn1c(SCC(=O)Nc2ccc(C(=O)[O-])cc2)nnc1-c1ccccc1Cl. The predicted octanol–water partition coefficient (Wildman–Crippen LogP) is 2.23. The van der Waals surface area contributed by atoms with Crippen molar-refractivity contribution in [1.29, 1.82) is 0 Å². The summed E-state index contributed by atoms with van der Waals surface area (Å²) in [6.45, 7) is 0. The Labute approximate surface area is 164 Å². The predicted molar refractivity (Wildman–Crippen MR) is 102 cm³/mol. The molecule has 0 fully saturated rings. The molecule has 9 heteroatoms. The molecule has 0 saturated heterocycles. The molecule has 0 aliphatic rings. The third-order valence-corrected chi connectivity index (χ3v) is 5.04. The van der Waals surface area contributed by atoms with E-state index in [4.69, 9.17) is 11.6 Å². The molecule has 1 N–H and O–H groups in total. The van der Waals surface area contributed by atoms with E-state index in [1.54, 1.807) is 17.7 Å². The number of nitrogens with one attached hydrogen (secondary N) is 1. The van der Waals surface area contributed by atoms with Crippen molar-refractivity contribution >= 4 is 40.9 Å². The minimum absolute atomic E-state index is 0.0496. The number of nitrogens with zero attached hydrogens (tertiary/aromatic N) is 3. The van der Waals surface area contributed by atoms with Crippen LogP contribution in [0.15, 0.2) is 53.7 Å². The number of aromatic nitrogens is 3. The van der Waals surface area contributed by atoms with Gasteiger partial charge in [-0.3, -0.25) is 4.79 Å². The Kier molecular flexibility index (Phi) is 5.78. The van der Waals surface area contributed by atoms with Gasteiger partial charge >= 0.3 is 0 Å². The molecule has 0 spiro atoms. The van der Waals surface area contributed by atoms with Crippen LogP contribution in [0.1, 0.15) is 10.4 Å². The van der Waals surface area contributed by atoms with Gasteiger partial charge in [0.1, 0.15) is 0 Å². The van der Waals surface area contributed by atoms with Gasteiger partial charge in [-0.05, 0) is 29.8 Å². The van der Waals surface area contributed by atoms with E-state index in [1.165, 1.54) is 36.0 Å². The maximum Gasteiger partial charge on any atom is 0.234 e. The van der Waals surface area contributed by atoms with Crippen molar-refractivity contribution < 1.29 is 14.7 Å². The molecule has 7 nitrogen and oxygen atoms in total. The lowest BCUT2D eigenvalue weighted by molar-refractivity contribution is -0.255. The number of anilines is 1. The number of halogens is 1. The monoisotopic (exact) mass is 401 g/mol. The average molecular weight is 402 g/mol. The van der Waals surface area contributed by atoms with Gasteiger partial charge in [0.15, 0.2) is 11.0 Å². The van der Waals surface area contributed by atoms with Gasteiger partial charge in [0.2, 0.25) is 5.91 Å². The van der Waals surface area contributed by atoms with Gasteiger partial charge in [-0.2, -0.15) is 0 Å². The second-order valence-electron chi connectivity index (χ2n) is 5.55. The second kappa shape index (κ2) is 8.24. The molecule has 27 heavy (non-hydrogen) atoms. The molecule has 3 rings (SSSR count). The Morgan fingerprint density at radius 1 is 1.15 bits per heavy atom. The summed E-state index contributed by atoms with van der Waals surface area (Å²) in [5, 5.41) is 22.8. The third-order valence-electron chi connectivity index (χ3n) is 3.69. The van der Waals surface area contributed by atoms with Crippen molar-refractivity contribution in [1.82, 2.24) is 14.8 Å². The fourth-order valence-corrected chi connectivity index (χ4v) is 3.27. The van der Waals surface area contributed by atoms with Crippen LogP contribution in [0.5, 0.6) is 0 Å². The molecule has 0 aliphatic heterocycles. The number of aromatic carboxylic acids is 1. The lowest BCUT2D eigenvalue weighted by atomic mass is 10.2. The van der Waals surface area contributed by atoms with Crippen LogP contribution in [0.25, 0.3) is 11.4 Å². The van der Waals surface area contributed by atoms with E-state index in [1.807, 2.05) is 18.2 Å². The van der Waals surface area contributed by atoms with Crippen LogP contribution in [0.4, 0.5) is 5.69 Å². The van der Waals surface area contributed by atoms with E-state index in [0.717, 1.165) is 5.56 Å². The zero-order chi connectivity index (χ0) is 19.4. The number of carbonyl (C=O) groups excluding carboxylic acids is 2. The molecule has 2 aromatic carbocycles. The van der Waals surface area contributed by atoms with Gasteiger partial charge in [0.25, 0.3) is 0 Å². The van der Waals surface area contributed by atoms with E-state index in [2.05, 4.69) is 15.5 Å². The number of carboxylic acid groups (broad SMARTS) is 1. The Hall–Kier alpha value is -2.84. The number of carboxylic acids is 1. The van der Waals surface area contributed by atoms with Crippen LogP contribution in [-0.2, 0) is 11.8 Å². The fraction of sp³-hybridized carbons (Fsp3) is 0.111. The van der Waals surface area contributed by atoms with Gasteiger partial charge in [0, 0.05) is 18.3 Å². The number of benzene rings is 2. The van der Waals surface area contributed by atoms with E-state index in [0.29, 0.717) is 21.7 Å². The maximum atomic E-state index is 12.1. The summed E-state index contributed by atoms with van der Waals surface area (Å²) >= 11 is 7.43. The van der Waals surface area contributed by atoms with Crippen molar-refractivity contribution in [3.05, 3.63) is 59.1 Å². The highest BCUT2D eigenvalue weighted by Crippen LogP contribution is 2.28. The molecule has 0 bridgehead atoms. The van der Waals surface area contributed by atoms with Crippen LogP contribution >= 0.6 is 23.4 Å². The molecule has 0 atom stereocenters. The zero-order valence-electron chi connectivity index (χ0n) is 14.2. The first kappa shape index (κ1) is 18.9. The minimum atomic E-state index is -1.26. The molecule has 0 aliphatic carbocycles. The zero-order valence-corrected chi connectivity index (χ0v) is 15.8. The summed E-state index contributed by atoms with van der Waals surface area (Å²) in [6.07, 6.45) is 0. The molecular weight excluding hydrogens is 388 g/mol. The summed E-state index contributed by atoms with van der Waals surface area (Å²) in [5.74, 6) is -0.776. The first-order valence-electron chi connectivity index (χ1n) is 7.84. The molecule has 138 valence electrons. The highest BCUT2D eigenvalue weighted by atomic mass is 35.5. The number of hydrogen-bond donors (Lipinski definition) is 1. The number of hydrogen-bond acceptors (Lipinski definition) is 6. The Morgan fingerprint density at radius 3 is 2.52 bits per heavy atom. The van der Waals surface area contributed by atoms with Gasteiger partial charge < -0.3 is 19.8 Å². The van der Waals surface area contributed by atoms with Crippen LogP contribution in [0, 0.1) is 0 Å². The van der Waals surface area contributed by atoms with Crippen LogP contribution < -0.4 is 10.4 Å². The quantitative estimate of drug-likeness (QED) is 0.636. The van der Waals surface area contributed by atoms with Gasteiger partial charge in [0.05, 0.1) is 16.7 Å². The van der Waals surface area contributed by atoms with Crippen molar-refractivity contribution in [2.75, 3.05) is 11.1 Å². The Bertz CT molecular complexity index is 989. The molecule has 0 unspecified atom stereocenters. The molecule has 3 aromatic rings. The van der Waals surface area contributed by atoms with E-state index >= 15 is 0 Å². The number of carbonyl (C=O) groups is 2. The molecule has 0 radical (unpaired) electrons. The standard InChI is InChI=1S/C18H15ClN4O3S/c1-23-16(13-4-2-3-5-14(13)19)21-22-18(23)27-10-15(24)20-12-8-6-11(7-9-12)17(25)26/h2-9H,10H2,1H3,(H,20,24)(H,25,26)/p-1. The summed E-state index contributed by atoms with van der Waals surface area (Å²) < 4.78 is 1.77. The first-order valence-corrected chi connectivity index (χ1v) is 9.20. The molecule has 0 saturated carbocycles. The van der Waals surface area contributed by atoms with E-state index < -0.39 is 5.97 Å². The van der Waals surface area contributed by atoms with Gasteiger partial charge in [-0.15, -0.1) is 10.2 Å². The lowest BCUT2D eigenvalue weighted by Gasteiger charge is -2.07. The molecule has 1 aromatic heterocycles. The highest BCUT2D eigenvalue weighted by molar-refractivity contribution is 7.99. The van der Waals surface area contributed by atoms with Crippen molar-refractivity contribution in [2.24, 2.45) is 7.05 Å². The van der Waals surface area contributed by atoms with Crippen LogP contribution in [0.3, 0.4) is 0 Å². The maximum absolute atomic E-state index is 12.1. The van der Waals surface area contributed by atoms with Gasteiger partial charge in [-0.25, -0.2) is 0 Å². The molecule has 1 amide bonds. The van der Waals surface area contributed by atoms with Crippen LogP contribution in [0.2, 0.25) is 5.02 Å². The molecule has 1 heterocycles. The minimum Gasteiger partial charge on any atom is -0.545 e. The summed E-state index contributed by atoms with van der Waals surface area (Å²) in [5.41, 5.74) is 1.31. The van der Waals surface area contributed by atoms with E-state index in [-0.39, 0.29) is 17.2 Å². The normalized spacial score (nSPS) is 10.6.